The summed E-state index contributed by atoms with van der Waals surface area (Å²) in [6.45, 7) is 5.55. The van der Waals surface area contributed by atoms with Crippen molar-refractivity contribution in [1.29, 1.82) is 0 Å². The number of nitrogens with zero attached hydrogens (tertiary/aromatic N) is 5. The summed E-state index contributed by atoms with van der Waals surface area (Å²) in [5.74, 6) is -1.07. The second-order valence-corrected chi connectivity index (χ2v) is 8.78. The van der Waals surface area contributed by atoms with Gasteiger partial charge in [0.1, 0.15) is 0 Å². The molecule has 3 aromatic heterocycles. The first kappa shape index (κ1) is 22.9. The van der Waals surface area contributed by atoms with Gasteiger partial charge in [0.05, 0.1) is 36.2 Å². The highest BCUT2D eigenvalue weighted by Crippen LogP contribution is 2.31. The second kappa shape index (κ2) is 9.08. The number of ether oxygens (including phenoxy) is 1. The van der Waals surface area contributed by atoms with Crippen LogP contribution >= 0.6 is 0 Å². The molecule has 5 rings (SSSR count). The summed E-state index contributed by atoms with van der Waals surface area (Å²) in [7, 11) is 1.47. The lowest BCUT2D eigenvalue weighted by atomic mass is 10.0. The van der Waals surface area contributed by atoms with Crippen LogP contribution < -0.4 is 20.3 Å². The Morgan fingerprint density at radius 3 is 2.74 bits per heavy atom. The van der Waals surface area contributed by atoms with Crippen LogP contribution in [0.25, 0.3) is 16.6 Å². The lowest BCUT2D eigenvalue weighted by Gasteiger charge is -2.38. The molecule has 182 valence electrons. The zero-order valence-electron chi connectivity index (χ0n) is 19.6. The van der Waals surface area contributed by atoms with Crippen molar-refractivity contribution in [3.05, 3.63) is 53.9 Å². The van der Waals surface area contributed by atoms with Crippen molar-refractivity contribution in [2.75, 3.05) is 30.4 Å². The second-order valence-electron chi connectivity index (χ2n) is 8.78. The van der Waals surface area contributed by atoms with E-state index in [0.29, 0.717) is 28.9 Å². The van der Waals surface area contributed by atoms with E-state index in [4.69, 9.17) is 4.74 Å². The smallest absolute Gasteiger partial charge is 0.316 e. The molecule has 1 aliphatic rings. The molecule has 1 amide bonds. The number of aromatic nitrogens is 4. The molecule has 0 aliphatic carbocycles. The van der Waals surface area contributed by atoms with Crippen molar-refractivity contribution >= 4 is 33.8 Å². The number of pyridine rings is 1. The molecule has 10 nitrogen and oxygen atoms in total. The minimum absolute atomic E-state index is 0.0683. The van der Waals surface area contributed by atoms with E-state index < -0.39 is 11.7 Å². The number of aliphatic hydroxyl groups excluding tert-OH is 1. The maximum absolute atomic E-state index is 14.6. The third-order valence-corrected chi connectivity index (χ3v) is 6.01. The summed E-state index contributed by atoms with van der Waals surface area (Å²) in [4.78, 5) is 28.3. The number of carbonyl (C=O) groups is 1. The maximum atomic E-state index is 14.6. The first-order chi connectivity index (χ1) is 16.9. The van der Waals surface area contributed by atoms with Gasteiger partial charge in [0.25, 0.3) is 5.91 Å². The van der Waals surface area contributed by atoms with Crippen LogP contribution in [0.1, 0.15) is 29.9 Å². The zero-order valence-corrected chi connectivity index (χ0v) is 19.6. The number of aliphatic hydroxyl groups is 1. The van der Waals surface area contributed by atoms with Crippen molar-refractivity contribution in [3.63, 3.8) is 0 Å². The van der Waals surface area contributed by atoms with Crippen LogP contribution in [0.4, 0.5) is 15.8 Å². The third-order valence-electron chi connectivity index (χ3n) is 6.01. The number of piperazine rings is 1. The van der Waals surface area contributed by atoms with Crippen molar-refractivity contribution in [2.24, 2.45) is 0 Å². The van der Waals surface area contributed by atoms with Crippen LogP contribution in [0.15, 0.2) is 36.8 Å². The molecule has 2 atom stereocenters. The molecule has 4 aromatic rings. The lowest BCUT2D eigenvalue weighted by molar-refractivity contribution is 0.102. The van der Waals surface area contributed by atoms with E-state index in [0.717, 1.165) is 24.2 Å². The minimum atomic E-state index is -0.617. The molecule has 0 spiro atoms. The summed E-state index contributed by atoms with van der Waals surface area (Å²) in [6.07, 6.45) is 4.71. The summed E-state index contributed by atoms with van der Waals surface area (Å²) in [5.41, 5.74) is 2.32. The minimum Gasteiger partial charge on any atom is -0.467 e. The van der Waals surface area contributed by atoms with Crippen molar-refractivity contribution in [3.8, 4) is 6.01 Å². The highest BCUT2D eigenvalue weighted by molar-refractivity contribution is 6.13. The largest absolute Gasteiger partial charge is 0.467 e. The maximum Gasteiger partial charge on any atom is 0.316 e. The number of amides is 1. The number of methoxy groups -OCH3 is 1. The van der Waals surface area contributed by atoms with E-state index in [1.807, 2.05) is 6.07 Å². The fourth-order valence-corrected chi connectivity index (χ4v) is 4.62. The van der Waals surface area contributed by atoms with Gasteiger partial charge in [-0.05, 0) is 26.0 Å². The van der Waals surface area contributed by atoms with E-state index >= 15 is 0 Å². The number of benzene rings is 1. The van der Waals surface area contributed by atoms with Crippen LogP contribution in [-0.2, 0) is 6.61 Å². The molecule has 1 saturated heterocycles. The fraction of sp³-hybridized carbons (Fsp3) is 0.333. The predicted molar refractivity (Wildman–Crippen MR) is 129 cm³/mol. The van der Waals surface area contributed by atoms with Gasteiger partial charge in [-0.1, -0.05) is 0 Å². The van der Waals surface area contributed by atoms with Gasteiger partial charge in [-0.25, -0.2) is 14.4 Å². The highest BCUT2D eigenvalue weighted by Gasteiger charge is 2.25. The normalized spacial score (nSPS) is 18.3. The summed E-state index contributed by atoms with van der Waals surface area (Å²) >= 11 is 0. The molecule has 0 radical (unpaired) electrons. The number of halogens is 1. The number of hydrogen-bond acceptors (Lipinski definition) is 8. The number of nitrogens with one attached hydrogen (secondary N) is 2. The first-order valence-electron chi connectivity index (χ1n) is 11.3. The summed E-state index contributed by atoms with van der Waals surface area (Å²) < 4.78 is 21.2. The van der Waals surface area contributed by atoms with Gasteiger partial charge in [-0.15, -0.1) is 0 Å². The van der Waals surface area contributed by atoms with Crippen molar-refractivity contribution in [2.45, 2.75) is 32.5 Å². The van der Waals surface area contributed by atoms with E-state index in [9.17, 15) is 14.3 Å². The Balaban J connectivity index is 1.53. The van der Waals surface area contributed by atoms with Crippen LogP contribution in [0.2, 0.25) is 0 Å². The van der Waals surface area contributed by atoms with E-state index in [-0.39, 0.29) is 24.0 Å². The van der Waals surface area contributed by atoms with E-state index in [1.165, 1.54) is 30.0 Å². The average molecular weight is 480 g/mol. The molecule has 3 N–H and O–H groups in total. The Kier molecular flexibility index (Phi) is 5.95. The van der Waals surface area contributed by atoms with Gasteiger partial charge in [0.15, 0.2) is 11.5 Å². The SMILES string of the molecule is COc1ncc2c(N3C[C@@H](C)N[C@@H](C)C3)ccc(C(=O)Nc3cc(F)c4nc(CO)cn4c3)c2n1. The Morgan fingerprint density at radius 2 is 2.03 bits per heavy atom. The van der Waals surface area contributed by atoms with Crippen molar-refractivity contribution in [1.82, 2.24) is 24.7 Å². The predicted octanol–water partition coefficient (Wildman–Crippen LogP) is 2.36. The Labute approximate surface area is 200 Å². The van der Waals surface area contributed by atoms with Gasteiger partial charge in [-0.2, -0.15) is 4.98 Å². The topological polar surface area (TPSA) is 117 Å². The fourth-order valence-electron chi connectivity index (χ4n) is 4.62. The molecular formula is C24H26FN7O3. The van der Waals surface area contributed by atoms with Gasteiger partial charge in [0.2, 0.25) is 0 Å². The lowest BCUT2D eigenvalue weighted by Crippen LogP contribution is -2.54. The Hall–Kier alpha value is -3.83. The summed E-state index contributed by atoms with van der Waals surface area (Å²) in [6, 6.07) is 5.55. The monoisotopic (exact) mass is 479 g/mol. The third kappa shape index (κ3) is 4.35. The summed E-state index contributed by atoms with van der Waals surface area (Å²) in [5, 5.41) is 16.3. The van der Waals surface area contributed by atoms with Crippen LogP contribution in [0.5, 0.6) is 6.01 Å². The number of rotatable bonds is 5. The van der Waals surface area contributed by atoms with Gasteiger partial charge in [0, 0.05) is 60.9 Å². The number of fused-ring (bicyclic) bond motifs is 2. The number of hydrogen-bond donors (Lipinski definition) is 3. The molecule has 1 aromatic carbocycles. The standard InChI is InChI=1S/C24H26FN7O3/c1-13-8-31(9-14(2)27-13)20-5-4-17(21-18(20)7-26-24(30-21)35-3)23(34)29-15-6-19(25)22-28-16(12-33)11-32(22)10-15/h4-7,10-11,13-14,27,33H,8-9,12H2,1-3H3,(H,29,34)/t13-,14+. The molecule has 1 aliphatic heterocycles. The van der Waals surface area contributed by atoms with Crippen molar-refractivity contribution < 1.29 is 19.0 Å². The van der Waals surface area contributed by atoms with Crippen LogP contribution in [0.3, 0.4) is 0 Å². The van der Waals surface area contributed by atoms with Crippen LogP contribution in [0, 0.1) is 5.82 Å². The number of carbonyl (C=O) groups excluding carboxylic acids is 1. The van der Waals surface area contributed by atoms with E-state index in [2.05, 4.69) is 44.3 Å². The molecule has 11 heteroatoms. The molecule has 0 unspecified atom stereocenters. The van der Waals surface area contributed by atoms with Gasteiger partial charge in [-0.3, -0.25) is 4.79 Å². The molecule has 35 heavy (non-hydrogen) atoms. The zero-order chi connectivity index (χ0) is 24.7. The van der Waals surface area contributed by atoms with Gasteiger partial charge < -0.3 is 29.8 Å². The number of imidazole rings is 1. The molecule has 1 fully saturated rings. The van der Waals surface area contributed by atoms with Crippen LogP contribution in [-0.4, -0.2) is 62.6 Å². The molecule has 0 bridgehead atoms. The molecule has 0 saturated carbocycles. The number of anilines is 2. The Bertz CT molecular complexity index is 1410. The molecular weight excluding hydrogens is 453 g/mol. The Morgan fingerprint density at radius 1 is 1.26 bits per heavy atom. The first-order valence-corrected chi connectivity index (χ1v) is 11.3. The highest BCUT2D eigenvalue weighted by atomic mass is 19.1. The van der Waals surface area contributed by atoms with E-state index in [1.54, 1.807) is 12.3 Å². The molecule has 4 heterocycles. The average Bonchev–Trinajstić information content (AvgIpc) is 3.26. The van der Waals surface area contributed by atoms with Gasteiger partial charge >= 0.3 is 6.01 Å². The quantitative estimate of drug-likeness (QED) is 0.400.